The number of anilines is 1. The predicted octanol–water partition coefficient (Wildman–Crippen LogP) is 3.83. The molecule has 0 fully saturated rings. The third-order valence-electron chi connectivity index (χ3n) is 5.34. The van der Waals surface area contributed by atoms with Gasteiger partial charge in [-0.15, -0.1) is 10.2 Å². The molecule has 8 nitrogen and oxygen atoms in total. The Morgan fingerprint density at radius 1 is 0.973 bits per heavy atom. The molecule has 0 saturated heterocycles. The molecule has 0 bridgehead atoms. The minimum absolute atomic E-state index is 0.0606. The van der Waals surface area contributed by atoms with Gasteiger partial charge in [-0.05, 0) is 48.6 Å². The zero-order valence-electron chi connectivity index (χ0n) is 20.7. The third-order valence-corrected chi connectivity index (χ3v) is 6.24. The Balaban J connectivity index is 1.38. The van der Waals surface area contributed by atoms with E-state index in [2.05, 4.69) is 26.1 Å². The van der Waals surface area contributed by atoms with E-state index >= 15 is 0 Å². The van der Waals surface area contributed by atoms with Crippen molar-refractivity contribution in [1.82, 2.24) is 20.8 Å². The highest BCUT2D eigenvalue weighted by Crippen LogP contribution is 2.18. The Hall–Kier alpha value is -4.05. The van der Waals surface area contributed by atoms with Crippen LogP contribution in [0.15, 0.2) is 78.3 Å². The van der Waals surface area contributed by atoms with Crippen LogP contribution in [-0.2, 0) is 28.9 Å². The number of nitrogens with two attached hydrogens (primary N) is 1. The number of aryl methyl sites for hydroxylation is 1. The zero-order valence-corrected chi connectivity index (χ0v) is 21.5. The molecule has 0 unspecified atom stereocenters. The van der Waals surface area contributed by atoms with Gasteiger partial charge in [0.05, 0.1) is 12.8 Å². The molecular weight excluding hydrogens is 491 g/mol. The molecule has 1 aromatic heterocycles. The van der Waals surface area contributed by atoms with Crippen LogP contribution in [0.25, 0.3) is 0 Å². The van der Waals surface area contributed by atoms with Crippen LogP contribution in [0.5, 0.6) is 0 Å². The van der Waals surface area contributed by atoms with E-state index in [1.165, 1.54) is 17.4 Å². The number of hydrogen-bond acceptors (Lipinski definition) is 7. The molecule has 0 aliphatic rings. The Labute approximate surface area is 219 Å². The largest absolute Gasteiger partial charge is 0.402 e. The Morgan fingerprint density at radius 2 is 1.73 bits per heavy atom. The minimum Gasteiger partial charge on any atom is -0.402 e. The topological polar surface area (TPSA) is 122 Å². The Kier molecular flexibility index (Phi) is 10.8. The number of carbonyl (C=O) groups excluding carboxylic acids is 2. The van der Waals surface area contributed by atoms with Gasteiger partial charge in [-0.2, -0.15) is 0 Å². The first kappa shape index (κ1) is 27.5. The normalized spacial score (nSPS) is 11.7. The maximum atomic E-state index is 13.7. The van der Waals surface area contributed by atoms with Gasteiger partial charge in [-0.1, -0.05) is 59.9 Å². The Bertz CT molecular complexity index is 1240. The molecule has 3 aromatic rings. The number of aromatic nitrogens is 2. The molecular formula is C27H31FN6O2S. The molecule has 2 amide bonds. The molecule has 5 N–H and O–H groups in total. The van der Waals surface area contributed by atoms with Crippen LogP contribution in [0.4, 0.5) is 9.52 Å². The first-order valence-electron chi connectivity index (χ1n) is 12.0. The molecule has 2 aromatic carbocycles. The standard InChI is InChI=1S/C27H31FN6O2S/c1-30-23(31-25(36)18-20-11-5-7-13-22(20)28)16-15-21(29)12-6-8-14-26-33-34-27(37-26)32-24(35)17-19-9-3-2-4-10-19/h2-5,7,9-11,13,15-16,30H,6,8,12,14,17-18,29H2,1H3,(H,31,36)(H,32,34,35)/b21-15-,23-16+. The summed E-state index contributed by atoms with van der Waals surface area (Å²) in [6.45, 7) is 0. The molecule has 1 heterocycles. The van der Waals surface area contributed by atoms with E-state index in [1.54, 1.807) is 37.4 Å². The molecule has 0 aliphatic carbocycles. The monoisotopic (exact) mass is 522 g/mol. The fourth-order valence-corrected chi connectivity index (χ4v) is 4.22. The summed E-state index contributed by atoms with van der Waals surface area (Å²) >= 11 is 1.37. The molecule has 0 spiro atoms. The van der Waals surface area contributed by atoms with Crippen LogP contribution in [0, 0.1) is 5.82 Å². The van der Waals surface area contributed by atoms with Gasteiger partial charge in [0, 0.05) is 19.2 Å². The van der Waals surface area contributed by atoms with Gasteiger partial charge in [0.2, 0.25) is 16.9 Å². The van der Waals surface area contributed by atoms with E-state index in [1.807, 2.05) is 30.3 Å². The highest BCUT2D eigenvalue weighted by molar-refractivity contribution is 7.15. The highest BCUT2D eigenvalue weighted by atomic mass is 32.1. The zero-order chi connectivity index (χ0) is 26.5. The quantitative estimate of drug-likeness (QED) is 0.200. The second-order valence-corrected chi connectivity index (χ2v) is 9.37. The summed E-state index contributed by atoms with van der Waals surface area (Å²) in [5.74, 6) is -0.385. The number of nitrogens with zero attached hydrogens (tertiary/aromatic N) is 2. The number of halogens is 1. The molecule has 10 heteroatoms. The summed E-state index contributed by atoms with van der Waals surface area (Å²) in [7, 11) is 1.68. The number of unbranched alkanes of at least 4 members (excludes halogenated alkanes) is 1. The number of benzene rings is 2. The van der Waals surface area contributed by atoms with Crippen LogP contribution < -0.4 is 21.7 Å². The fraction of sp³-hybridized carbons (Fsp3) is 0.259. The summed E-state index contributed by atoms with van der Waals surface area (Å²) in [5.41, 5.74) is 8.05. The first-order chi connectivity index (χ1) is 17.9. The summed E-state index contributed by atoms with van der Waals surface area (Å²) in [6.07, 6.45) is 6.78. The van der Waals surface area contributed by atoms with Gasteiger partial charge in [-0.3, -0.25) is 9.59 Å². The second-order valence-electron chi connectivity index (χ2n) is 8.31. The number of carbonyl (C=O) groups is 2. The van der Waals surface area contributed by atoms with Gasteiger partial charge < -0.3 is 21.7 Å². The number of nitrogens with one attached hydrogen (secondary N) is 3. The van der Waals surface area contributed by atoms with Gasteiger partial charge >= 0.3 is 0 Å². The molecule has 37 heavy (non-hydrogen) atoms. The van der Waals surface area contributed by atoms with Crippen LogP contribution in [0.3, 0.4) is 0 Å². The molecule has 194 valence electrons. The van der Waals surface area contributed by atoms with Crippen molar-refractivity contribution in [3.05, 3.63) is 100 Å². The lowest BCUT2D eigenvalue weighted by molar-refractivity contribution is -0.120. The average Bonchev–Trinajstić information content (AvgIpc) is 3.33. The number of allylic oxidation sites excluding steroid dienone is 3. The highest BCUT2D eigenvalue weighted by Gasteiger charge is 2.10. The lowest BCUT2D eigenvalue weighted by Gasteiger charge is -2.09. The van der Waals surface area contributed by atoms with Crippen LogP contribution in [0.1, 0.15) is 35.4 Å². The van der Waals surface area contributed by atoms with Crippen LogP contribution in [0.2, 0.25) is 0 Å². The number of rotatable bonds is 13. The maximum Gasteiger partial charge on any atom is 0.230 e. The van der Waals surface area contributed by atoms with Crippen LogP contribution in [-0.4, -0.2) is 29.1 Å². The fourth-order valence-electron chi connectivity index (χ4n) is 3.43. The molecule has 0 atom stereocenters. The number of amides is 2. The third kappa shape index (κ3) is 9.85. The van der Waals surface area contributed by atoms with E-state index in [9.17, 15) is 14.0 Å². The van der Waals surface area contributed by atoms with Crippen molar-refractivity contribution in [2.24, 2.45) is 5.73 Å². The van der Waals surface area contributed by atoms with Gasteiger partial charge in [0.25, 0.3) is 0 Å². The average molecular weight is 523 g/mol. The van der Waals surface area contributed by atoms with Gasteiger partial charge in [0.1, 0.15) is 16.6 Å². The lowest BCUT2D eigenvalue weighted by atomic mass is 10.1. The van der Waals surface area contributed by atoms with Crippen molar-refractivity contribution in [2.75, 3.05) is 12.4 Å². The van der Waals surface area contributed by atoms with E-state index < -0.39 is 5.82 Å². The van der Waals surface area contributed by atoms with Crippen molar-refractivity contribution in [3.63, 3.8) is 0 Å². The van der Waals surface area contributed by atoms with Crippen LogP contribution >= 0.6 is 11.3 Å². The Morgan fingerprint density at radius 3 is 2.49 bits per heavy atom. The molecule has 3 rings (SSSR count). The first-order valence-corrected chi connectivity index (χ1v) is 12.8. The van der Waals surface area contributed by atoms with E-state index in [-0.39, 0.29) is 18.2 Å². The number of hydrogen-bond donors (Lipinski definition) is 4. The predicted molar refractivity (Wildman–Crippen MR) is 144 cm³/mol. The minimum atomic E-state index is -0.408. The maximum absolute atomic E-state index is 13.7. The van der Waals surface area contributed by atoms with E-state index in [0.717, 1.165) is 29.8 Å². The van der Waals surface area contributed by atoms with E-state index in [0.29, 0.717) is 35.1 Å². The summed E-state index contributed by atoms with van der Waals surface area (Å²) in [4.78, 5) is 24.4. The van der Waals surface area contributed by atoms with Crippen molar-refractivity contribution in [2.45, 2.75) is 38.5 Å². The molecule has 0 radical (unpaired) electrons. The summed E-state index contributed by atoms with van der Waals surface area (Å²) in [6, 6.07) is 15.7. The van der Waals surface area contributed by atoms with Crippen molar-refractivity contribution < 1.29 is 14.0 Å². The van der Waals surface area contributed by atoms with Crippen molar-refractivity contribution >= 4 is 28.3 Å². The lowest BCUT2D eigenvalue weighted by Crippen LogP contribution is -2.30. The molecule has 0 aliphatic heterocycles. The summed E-state index contributed by atoms with van der Waals surface area (Å²) < 4.78 is 13.7. The van der Waals surface area contributed by atoms with E-state index in [4.69, 9.17) is 5.73 Å². The van der Waals surface area contributed by atoms with Crippen molar-refractivity contribution in [3.8, 4) is 0 Å². The molecule has 0 saturated carbocycles. The smallest absolute Gasteiger partial charge is 0.230 e. The SMILES string of the molecule is CN/C(=C\C=C(/N)CCCCc1nnc(NC(=O)Cc2ccccc2)s1)NC(=O)Cc1ccccc1F. The van der Waals surface area contributed by atoms with Crippen molar-refractivity contribution in [1.29, 1.82) is 0 Å². The van der Waals surface area contributed by atoms with Gasteiger partial charge in [0.15, 0.2) is 0 Å². The summed E-state index contributed by atoms with van der Waals surface area (Å²) in [5, 5.41) is 18.0. The second kappa shape index (κ2) is 14.5. The van der Waals surface area contributed by atoms with Gasteiger partial charge in [-0.25, -0.2) is 4.39 Å².